The van der Waals surface area contributed by atoms with Gasteiger partial charge in [-0.1, -0.05) is 47.0 Å². The summed E-state index contributed by atoms with van der Waals surface area (Å²) in [5, 5.41) is 0. The molecule has 2 fully saturated rings. The Morgan fingerprint density at radius 2 is 1.29 bits per heavy atom. The van der Waals surface area contributed by atoms with Gasteiger partial charge in [0.2, 0.25) is 0 Å². The zero-order chi connectivity index (χ0) is 12.5. The van der Waals surface area contributed by atoms with Crippen molar-refractivity contribution in [3.8, 4) is 0 Å². The fourth-order valence-electron chi connectivity index (χ4n) is 3.71. The predicted octanol–water partition coefficient (Wildman–Crippen LogP) is 4.19. The number of hydrogen-bond acceptors (Lipinski definition) is 2. The van der Waals surface area contributed by atoms with Gasteiger partial charge in [-0.25, -0.2) is 0 Å². The van der Waals surface area contributed by atoms with Gasteiger partial charge in [-0.3, -0.25) is 0 Å². The van der Waals surface area contributed by atoms with Crippen molar-refractivity contribution in [1.29, 1.82) is 0 Å². The van der Waals surface area contributed by atoms with Gasteiger partial charge in [0.1, 0.15) is 0 Å². The van der Waals surface area contributed by atoms with Crippen LogP contribution in [0.2, 0.25) is 5.82 Å². The molecule has 0 amide bonds. The highest BCUT2D eigenvalue weighted by atomic mass is 16.7. The molecule has 0 N–H and O–H groups in total. The van der Waals surface area contributed by atoms with E-state index in [2.05, 4.69) is 27.7 Å². The molecule has 1 aliphatic heterocycles. The largest absolute Gasteiger partial charge is 0.461 e. The fourth-order valence-corrected chi connectivity index (χ4v) is 3.71. The zero-order valence-corrected chi connectivity index (χ0v) is 11.9. The summed E-state index contributed by atoms with van der Waals surface area (Å²) in [6.07, 6.45) is 8.19. The van der Waals surface area contributed by atoms with E-state index in [4.69, 9.17) is 9.31 Å². The Morgan fingerprint density at radius 3 is 1.53 bits per heavy atom. The lowest BCUT2D eigenvalue weighted by atomic mass is 9.60. The van der Waals surface area contributed by atoms with Crippen LogP contribution in [0.15, 0.2) is 0 Å². The van der Waals surface area contributed by atoms with Gasteiger partial charge < -0.3 is 9.31 Å². The Bertz CT molecular complexity index is 235. The number of hydrogen-bond donors (Lipinski definition) is 0. The average Bonchev–Trinajstić information content (AvgIpc) is 2.62. The van der Waals surface area contributed by atoms with E-state index in [0.717, 1.165) is 25.7 Å². The van der Waals surface area contributed by atoms with Crippen molar-refractivity contribution in [2.24, 2.45) is 0 Å². The molecule has 0 aromatic rings. The van der Waals surface area contributed by atoms with Crippen LogP contribution in [0.1, 0.15) is 72.6 Å². The van der Waals surface area contributed by atoms with E-state index < -0.39 is 0 Å². The minimum absolute atomic E-state index is 0.0449. The summed E-state index contributed by atoms with van der Waals surface area (Å²) in [7, 11) is 0.0727. The van der Waals surface area contributed by atoms with E-state index in [0.29, 0.717) is 5.82 Å². The summed E-state index contributed by atoms with van der Waals surface area (Å²) < 4.78 is 12.9. The molecule has 2 nitrogen and oxygen atoms in total. The van der Waals surface area contributed by atoms with E-state index >= 15 is 0 Å². The average molecular weight is 238 g/mol. The van der Waals surface area contributed by atoms with Crippen LogP contribution in [0.4, 0.5) is 0 Å². The first-order valence-corrected chi connectivity index (χ1v) is 7.52. The van der Waals surface area contributed by atoms with E-state index in [1.165, 1.54) is 19.3 Å². The summed E-state index contributed by atoms with van der Waals surface area (Å²) in [5.74, 6) is 0.660. The van der Waals surface area contributed by atoms with E-state index in [1.54, 1.807) is 0 Å². The molecule has 3 heteroatoms. The van der Waals surface area contributed by atoms with Crippen LogP contribution in [0.5, 0.6) is 0 Å². The molecule has 0 aromatic carbocycles. The number of rotatable bonds is 5. The first-order valence-electron chi connectivity index (χ1n) is 7.52. The van der Waals surface area contributed by atoms with Gasteiger partial charge in [-0.2, -0.15) is 0 Å². The Kier molecular flexibility index (Phi) is 3.89. The molecule has 1 saturated heterocycles. The SMILES string of the molecule is CCC1(CC)OB(C2CCC2)OC1(CC)CC. The first-order chi connectivity index (χ1) is 8.17. The molecule has 98 valence electrons. The van der Waals surface area contributed by atoms with E-state index in [1.807, 2.05) is 0 Å². The van der Waals surface area contributed by atoms with Crippen LogP contribution in [0.3, 0.4) is 0 Å². The molecule has 2 aliphatic rings. The minimum Gasteiger partial charge on any atom is -0.402 e. The smallest absolute Gasteiger partial charge is 0.402 e. The van der Waals surface area contributed by atoms with Gasteiger partial charge in [0.05, 0.1) is 11.2 Å². The van der Waals surface area contributed by atoms with Gasteiger partial charge in [0, 0.05) is 0 Å². The molecule has 0 unspecified atom stereocenters. The van der Waals surface area contributed by atoms with Crippen molar-refractivity contribution < 1.29 is 9.31 Å². The maximum Gasteiger partial charge on any atom is 0.461 e. The predicted molar refractivity (Wildman–Crippen MR) is 72.2 cm³/mol. The van der Waals surface area contributed by atoms with Crippen LogP contribution in [0, 0.1) is 0 Å². The molecule has 1 saturated carbocycles. The maximum absolute atomic E-state index is 6.43. The highest BCUT2D eigenvalue weighted by Gasteiger charge is 2.60. The van der Waals surface area contributed by atoms with E-state index in [-0.39, 0.29) is 18.3 Å². The summed E-state index contributed by atoms with van der Waals surface area (Å²) >= 11 is 0. The van der Waals surface area contributed by atoms with Crippen molar-refractivity contribution in [1.82, 2.24) is 0 Å². The molecule has 1 heterocycles. The van der Waals surface area contributed by atoms with Crippen molar-refractivity contribution in [3.05, 3.63) is 0 Å². The zero-order valence-electron chi connectivity index (χ0n) is 11.9. The Labute approximate surface area is 107 Å². The maximum atomic E-state index is 6.43. The molecule has 0 aromatic heterocycles. The summed E-state index contributed by atoms with van der Waals surface area (Å²) in [6.45, 7) is 8.98. The van der Waals surface area contributed by atoms with Crippen LogP contribution < -0.4 is 0 Å². The molecular weight excluding hydrogens is 211 g/mol. The molecule has 0 bridgehead atoms. The third kappa shape index (κ3) is 1.86. The van der Waals surface area contributed by atoms with Crippen molar-refractivity contribution >= 4 is 7.12 Å². The molecule has 0 atom stereocenters. The van der Waals surface area contributed by atoms with Gasteiger partial charge in [-0.15, -0.1) is 0 Å². The normalized spacial score (nSPS) is 27.2. The standard InChI is InChI=1S/C14H27BO2/c1-5-13(6-2)14(7-3,8-4)17-15(16-13)12-10-9-11-12/h12H,5-11H2,1-4H3. The second kappa shape index (κ2) is 4.93. The summed E-state index contributed by atoms with van der Waals surface area (Å²) in [6, 6.07) is 0. The first kappa shape index (κ1) is 13.4. The van der Waals surface area contributed by atoms with Crippen LogP contribution in [-0.4, -0.2) is 18.3 Å². The topological polar surface area (TPSA) is 18.5 Å². The summed E-state index contributed by atoms with van der Waals surface area (Å²) in [4.78, 5) is 0. The second-order valence-corrected chi connectivity index (χ2v) is 5.70. The van der Waals surface area contributed by atoms with Gasteiger partial charge >= 0.3 is 7.12 Å². The lowest BCUT2D eigenvalue weighted by molar-refractivity contribution is -0.0601. The lowest BCUT2D eigenvalue weighted by Gasteiger charge is -2.42. The van der Waals surface area contributed by atoms with Gasteiger partial charge in [0.15, 0.2) is 0 Å². The third-order valence-electron chi connectivity index (χ3n) is 5.33. The Morgan fingerprint density at radius 1 is 0.882 bits per heavy atom. The van der Waals surface area contributed by atoms with Gasteiger partial charge in [-0.05, 0) is 31.5 Å². The molecule has 0 radical (unpaired) electrons. The molecule has 17 heavy (non-hydrogen) atoms. The second-order valence-electron chi connectivity index (χ2n) is 5.70. The minimum atomic E-state index is -0.0449. The quantitative estimate of drug-likeness (QED) is 0.668. The Balaban J connectivity index is 2.21. The van der Waals surface area contributed by atoms with Crippen LogP contribution >= 0.6 is 0 Å². The molecule has 1 aliphatic carbocycles. The van der Waals surface area contributed by atoms with Crippen molar-refractivity contribution in [2.75, 3.05) is 0 Å². The van der Waals surface area contributed by atoms with Crippen LogP contribution in [-0.2, 0) is 9.31 Å². The molecule has 2 rings (SSSR count). The highest BCUT2D eigenvalue weighted by Crippen LogP contribution is 2.51. The Hall–Kier alpha value is -0.0151. The lowest BCUT2D eigenvalue weighted by Crippen LogP contribution is -2.50. The van der Waals surface area contributed by atoms with Crippen LogP contribution in [0.25, 0.3) is 0 Å². The third-order valence-corrected chi connectivity index (χ3v) is 5.33. The highest BCUT2D eigenvalue weighted by molar-refractivity contribution is 6.47. The fraction of sp³-hybridized carbons (Fsp3) is 1.00. The molecular formula is C14H27BO2. The summed E-state index contributed by atoms with van der Waals surface area (Å²) in [5.41, 5.74) is -0.0898. The monoisotopic (exact) mass is 238 g/mol. The van der Waals surface area contributed by atoms with Crippen molar-refractivity contribution in [3.63, 3.8) is 0 Å². The van der Waals surface area contributed by atoms with Crippen molar-refractivity contribution in [2.45, 2.75) is 89.7 Å². The molecule has 0 spiro atoms. The van der Waals surface area contributed by atoms with E-state index in [9.17, 15) is 0 Å². The van der Waals surface area contributed by atoms with Gasteiger partial charge in [0.25, 0.3) is 0 Å².